The molecule has 218 valence electrons. The molecule has 2 fully saturated rings. The van der Waals surface area contributed by atoms with Crippen LogP contribution in [0.4, 0.5) is 0 Å². The summed E-state index contributed by atoms with van der Waals surface area (Å²) in [5.41, 5.74) is 4.60. The van der Waals surface area contributed by atoms with E-state index in [1.807, 2.05) is 49.6 Å². The fraction of sp³-hybridized carbons (Fsp3) is 0.576. The van der Waals surface area contributed by atoms with Crippen LogP contribution in [0.15, 0.2) is 42.5 Å². The predicted molar refractivity (Wildman–Crippen MR) is 164 cm³/mol. The Hall–Kier alpha value is -2.35. The highest BCUT2D eigenvalue weighted by molar-refractivity contribution is 7.98. The summed E-state index contributed by atoms with van der Waals surface area (Å²) in [6.45, 7) is 4.68. The number of carboxylic acids is 1. The van der Waals surface area contributed by atoms with Gasteiger partial charge in [0, 0.05) is 31.8 Å². The van der Waals surface area contributed by atoms with Crippen molar-refractivity contribution in [2.45, 2.75) is 76.9 Å². The van der Waals surface area contributed by atoms with E-state index in [-0.39, 0.29) is 5.91 Å². The maximum absolute atomic E-state index is 13.4. The van der Waals surface area contributed by atoms with Crippen molar-refractivity contribution >= 4 is 23.6 Å². The van der Waals surface area contributed by atoms with Crippen molar-refractivity contribution in [3.8, 4) is 11.1 Å². The number of aliphatic carboxylic acids is 1. The van der Waals surface area contributed by atoms with Crippen molar-refractivity contribution in [3.05, 3.63) is 59.2 Å². The number of amides is 1. The molecule has 0 bridgehead atoms. The van der Waals surface area contributed by atoms with E-state index < -0.39 is 12.0 Å². The second-order valence-electron chi connectivity index (χ2n) is 11.7. The number of hydrogen-bond donors (Lipinski definition) is 2. The summed E-state index contributed by atoms with van der Waals surface area (Å²) in [6, 6.07) is 13.6. The van der Waals surface area contributed by atoms with Crippen LogP contribution in [0.3, 0.4) is 0 Å². The molecule has 2 aromatic rings. The molecule has 1 aliphatic carbocycles. The number of nitrogens with one attached hydrogen (secondary N) is 1. The van der Waals surface area contributed by atoms with Crippen molar-refractivity contribution in [2.24, 2.45) is 11.8 Å². The average molecular weight is 567 g/mol. The lowest BCUT2D eigenvalue weighted by molar-refractivity contribution is -0.139. The number of ether oxygens (including phenoxy) is 1. The van der Waals surface area contributed by atoms with Crippen molar-refractivity contribution in [2.75, 3.05) is 32.3 Å². The number of rotatable bonds is 13. The lowest BCUT2D eigenvalue weighted by Crippen LogP contribution is -2.41. The molecular weight excluding hydrogens is 520 g/mol. The molecule has 0 aromatic heterocycles. The van der Waals surface area contributed by atoms with Gasteiger partial charge in [-0.2, -0.15) is 11.8 Å². The van der Waals surface area contributed by atoms with Gasteiger partial charge in [-0.3, -0.25) is 9.69 Å². The van der Waals surface area contributed by atoms with Gasteiger partial charge in [0.1, 0.15) is 6.04 Å². The van der Waals surface area contributed by atoms with Crippen LogP contribution in [0.5, 0.6) is 0 Å². The van der Waals surface area contributed by atoms with E-state index in [4.69, 9.17) is 4.74 Å². The van der Waals surface area contributed by atoms with E-state index in [1.165, 1.54) is 44.9 Å². The Kier molecular flexibility index (Phi) is 11.5. The molecule has 2 N–H and O–H groups in total. The maximum atomic E-state index is 13.4. The first-order valence-corrected chi connectivity index (χ1v) is 16.2. The van der Waals surface area contributed by atoms with Crippen molar-refractivity contribution < 1.29 is 19.4 Å². The quantitative estimate of drug-likeness (QED) is 0.292. The number of hydrogen-bond acceptors (Lipinski definition) is 5. The number of carbonyl (C=O) groups is 2. The smallest absolute Gasteiger partial charge is 0.326 e. The maximum Gasteiger partial charge on any atom is 0.326 e. The summed E-state index contributed by atoms with van der Waals surface area (Å²) in [5, 5.41) is 12.5. The van der Waals surface area contributed by atoms with Gasteiger partial charge < -0.3 is 15.2 Å². The van der Waals surface area contributed by atoms with Gasteiger partial charge in [-0.05, 0) is 84.4 Å². The standard InChI is InChI=1S/C33H46N2O4S/c1-23-9-7-8-12-28(23)30-19-25(13-14-29(30)32(36)34-31(33(37)38)15-16-40-3)20-35-21-26(18-27(35)22-39-2)17-24-10-5-4-6-11-24/h7-9,12-14,19,24,26-27,31H,4-6,10-11,15-18,20-22H2,1-3H3,(H,34,36)(H,37,38). The van der Waals surface area contributed by atoms with Crippen LogP contribution in [0.1, 0.15) is 72.9 Å². The number of carbonyl (C=O) groups excluding carboxylic acids is 1. The Bertz CT molecular complexity index is 1130. The van der Waals surface area contributed by atoms with Gasteiger partial charge in [0.2, 0.25) is 0 Å². The van der Waals surface area contributed by atoms with Gasteiger partial charge in [-0.25, -0.2) is 4.79 Å². The van der Waals surface area contributed by atoms with E-state index in [0.717, 1.165) is 47.9 Å². The minimum atomic E-state index is -1.00. The van der Waals surface area contributed by atoms with Gasteiger partial charge in [-0.1, -0.05) is 62.4 Å². The Morgan fingerprint density at radius 3 is 2.58 bits per heavy atom. The topological polar surface area (TPSA) is 78.9 Å². The lowest BCUT2D eigenvalue weighted by atomic mass is 9.82. The molecule has 0 spiro atoms. The zero-order valence-corrected chi connectivity index (χ0v) is 25.2. The fourth-order valence-electron chi connectivity index (χ4n) is 6.66. The summed E-state index contributed by atoms with van der Waals surface area (Å²) in [4.78, 5) is 27.8. The number of likely N-dealkylation sites (tertiary alicyclic amines) is 1. The van der Waals surface area contributed by atoms with Crippen LogP contribution in [0, 0.1) is 18.8 Å². The number of nitrogens with zero attached hydrogens (tertiary/aromatic N) is 1. The molecule has 2 aromatic carbocycles. The molecule has 1 saturated heterocycles. The summed E-state index contributed by atoms with van der Waals surface area (Å²) >= 11 is 1.57. The summed E-state index contributed by atoms with van der Waals surface area (Å²) in [7, 11) is 1.79. The van der Waals surface area contributed by atoms with Crippen molar-refractivity contribution in [1.29, 1.82) is 0 Å². The Morgan fingerprint density at radius 1 is 1.10 bits per heavy atom. The van der Waals surface area contributed by atoms with E-state index in [1.54, 1.807) is 18.9 Å². The highest BCUT2D eigenvalue weighted by Crippen LogP contribution is 2.36. The SMILES string of the molecule is COCC1CC(CC2CCCCC2)CN1Cc1ccc(C(=O)NC(CCSC)C(=O)O)c(-c2ccccc2C)c1. The van der Waals surface area contributed by atoms with Gasteiger partial charge >= 0.3 is 5.97 Å². The summed E-state index contributed by atoms with van der Waals surface area (Å²) < 4.78 is 5.63. The van der Waals surface area contributed by atoms with Gasteiger partial charge in [0.15, 0.2) is 0 Å². The van der Waals surface area contributed by atoms with Crippen LogP contribution >= 0.6 is 11.8 Å². The fourth-order valence-corrected chi connectivity index (χ4v) is 7.13. The van der Waals surface area contributed by atoms with Crippen molar-refractivity contribution in [1.82, 2.24) is 10.2 Å². The zero-order valence-electron chi connectivity index (χ0n) is 24.4. The van der Waals surface area contributed by atoms with Crippen LogP contribution in [0.25, 0.3) is 11.1 Å². The first-order valence-electron chi connectivity index (χ1n) is 14.8. The molecule has 3 unspecified atom stereocenters. The Labute approximate surface area is 244 Å². The number of thioether (sulfide) groups is 1. The molecule has 40 heavy (non-hydrogen) atoms. The third-order valence-corrected chi connectivity index (χ3v) is 9.37. The number of methoxy groups -OCH3 is 1. The van der Waals surface area contributed by atoms with E-state index >= 15 is 0 Å². The second-order valence-corrected chi connectivity index (χ2v) is 12.7. The van der Waals surface area contributed by atoms with E-state index in [9.17, 15) is 14.7 Å². The first-order chi connectivity index (χ1) is 19.4. The molecule has 7 heteroatoms. The molecule has 1 heterocycles. The van der Waals surface area contributed by atoms with Gasteiger partial charge in [0.25, 0.3) is 5.91 Å². The van der Waals surface area contributed by atoms with E-state index in [0.29, 0.717) is 29.7 Å². The minimum absolute atomic E-state index is 0.343. The van der Waals surface area contributed by atoms with Gasteiger partial charge in [-0.15, -0.1) is 0 Å². The molecule has 6 nitrogen and oxygen atoms in total. The first kappa shape index (κ1) is 30.6. The summed E-state index contributed by atoms with van der Waals surface area (Å²) in [5.74, 6) is 0.902. The molecule has 0 radical (unpaired) electrons. The van der Waals surface area contributed by atoms with Crippen LogP contribution in [0.2, 0.25) is 0 Å². The largest absolute Gasteiger partial charge is 0.480 e. The molecule has 4 rings (SSSR count). The zero-order chi connectivity index (χ0) is 28.5. The molecule has 2 aliphatic rings. The van der Waals surface area contributed by atoms with Crippen molar-refractivity contribution in [3.63, 3.8) is 0 Å². The third kappa shape index (κ3) is 8.11. The molecule has 3 atom stereocenters. The third-order valence-electron chi connectivity index (χ3n) is 8.73. The monoisotopic (exact) mass is 566 g/mol. The number of aryl methyl sites for hydroxylation is 1. The molecule has 1 amide bonds. The lowest BCUT2D eigenvalue weighted by Gasteiger charge is -2.25. The van der Waals surface area contributed by atoms with Gasteiger partial charge in [0.05, 0.1) is 6.61 Å². The second kappa shape index (κ2) is 15.0. The normalized spacial score (nSPS) is 20.9. The predicted octanol–water partition coefficient (Wildman–Crippen LogP) is 6.41. The molecule has 1 saturated carbocycles. The highest BCUT2D eigenvalue weighted by Gasteiger charge is 2.34. The Morgan fingerprint density at radius 2 is 1.88 bits per heavy atom. The average Bonchev–Trinajstić information content (AvgIpc) is 3.31. The van der Waals surface area contributed by atoms with Crippen LogP contribution in [-0.4, -0.2) is 66.2 Å². The number of benzene rings is 2. The number of carboxylic acid groups (broad SMARTS) is 1. The van der Waals surface area contributed by atoms with Crippen LogP contribution < -0.4 is 5.32 Å². The van der Waals surface area contributed by atoms with E-state index in [2.05, 4.69) is 16.3 Å². The van der Waals surface area contributed by atoms with Crippen LogP contribution in [-0.2, 0) is 16.1 Å². The Balaban J connectivity index is 1.56. The molecular formula is C33H46N2O4S. The molecule has 1 aliphatic heterocycles. The highest BCUT2D eigenvalue weighted by atomic mass is 32.2. The summed E-state index contributed by atoms with van der Waals surface area (Å²) in [6.07, 6.45) is 11.8. The minimum Gasteiger partial charge on any atom is -0.480 e.